The van der Waals surface area contributed by atoms with E-state index in [4.69, 9.17) is 0 Å². The summed E-state index contributed by atoms with van der Waals surface area (Å²) in [5.41, 5.74) is 1.38. The van der Waals surface area contributed by atoms with Gasteiger partial charge in [0.2, 0.25) is 11.8 Å². The van der Waals surface area contributed by atoms with Gasteiger partial charge in [0.15, 0.2) is 0 Å². The third-order valence-corrected chi connectivity index (χ3v) is 4.64. The summed E-state index contributed by atoms with van der Waals surface area (Å²) in [6, 6.07) is 5.62. The predicted molar refractivity (Wildman–Crippen MR) is 88.3 cm³/mol. The zero-order valence-corrected chi connectivity index (χ0v) is 13.9. The van der Waals surface area contributed by atoms with Gasteiger partial charge in [-0.2, -0.15) is 0 Å². The minimum Gasteiger partial charge on any atom is -0.506 e. The second kappa shape index (κ2) is 5.55. The van der Waals surface area contributed by atoms with Crippen LogP contribution in [0.3, 0.4) is 0 Å². The number of anilines is 1. The number of aromatic hydroxyl groups is 1. The predicted octanol–water partition coefficient (Wildman–Crippen LogP) is 2.64. The molecule has 0 aromatic heterocycles. The van der Waals surface area contributed by atoms with E-state index in [1.165, 1.54) is 0 Å². The van der Waals surface area contributed by atoms with Gasteiger partial charge in [0.1, 0.15) is 5.75 Å². The van der Waals surface area contributed by atoms with Crippen LogP contribution in [0.4, 0.5) is 5.69 Å². The van der Waals surface area contributed by atoms with E-state index in [0.29, 0.717) is 18.3 Å². The third-order valence-electron chi connectivity index (χ3n) is 4.64. The summed E-state index contributed by atoms with van der Waals surface area (Å²) in [5, 5.41) is 12.8. The lowest BCUT2D eigenvalue weighted by Crippen LogP contribution is -2.30. The van der Waals surface area contributed by atoms with Crippen LogP contribution in [0.1, 0.15) is 45.6 Å². The van der Waals surface area contributed by atoms with Gasteiger partial charge in [0, 0.05) is 19.0 Å². The number of nitrogens with one attached hydrogen (secondary N) is 1. The standard InChI is InChI=1S/C18H24N2O3/c1-18(2,3)12-4-7-15(21)14(9-12)19-17(23)11-8-16(22)20(10-11)13-5-6-13/h4,7,9,11,13,21H,5-6,8,10H2,1-3H3,(H,19,23)/t11-/m0/s1. The second-order valence-corrected chi connectivity index (χ2v) is 7.65. The Labute approximate surface area is 136 Å². The number of likely N-dealkylation sites (tertiary alicyclic amines) is 1. The van der Waals surface area contributed by atoms with Gasteiger partial charge in [-0.1, -0.05) is 26.8 Å². The van der Waals surface area contributed by atoms with Crippen molar-refractivity contribution in [2.24, 2.45) is 5.92 Å². The van der Waals surface area contributed by atoms with Crippen molar-refractivity contribution in [1.29, 1.82) is 0 Å². The van der Waals surface area contributed by atoms with Crippen molar-refractivity contribution in [3.05, 3.63) is 23.8 Å². The number of hydrogen-bond acceptors (Lipinski definition) is 3. The van der Waals surface area contributed by atoms with Gasteiger partial charge in [-0.05, 0) is 36.0 Å². The molecule has 2 aliphatic rings. The first-order chi connectivity index (χ1) is 10.8. The van der Waals surface area contributed by atoms with Crippen molar-refractivity contribution >= 4 is 17.5 Å². The summed E-state index contributed by atoms with van der Waals surface area (Å²) in [5.74, 6) is -0.404. The molecule has 1 aliphatic carbocycles. The van der Waals surface area contributed by atoms with E-state index in [0.717, 1.165) is 18.4 Å². The third kappa shape index (κ3) is 3.33. The molecule has 1 saturated heterocycles. The summed E-state index contributed by atoms with van der Waals surface area (Å²) in [6.07, 6.45) is 2.37. The molecular formula is C18H24N2O3. The summed E-state index contributed by atoms with van der Waals surface area (Å²) < 4.78 is 0. The van der Waals surface area contributed by atoms with Crippen molar-refractivity contribution in [1.82, 2.24) is 4.90 Å². The molecule has 2 fully saturated rings. The van der Waals surface area contributed by atoms with Crippen molar-refractivity contribution in [3.8, 4) is 5.75 Å². The van der Waals surface area contributed by atoms with Crippen molar-refractivity contribution in [3.63, 3.8) is 0 Å². The normalized spacial score (nSPS) is 21.6. The zero-order chi connectivity index (χ0) is 16.8. The number of benzene rings is 1. The van der Waals surface area contributed by atoms with Gasteiger partial charge in [-0.25, -0.2) is 0 Å². The fourth-order valence-electron chi connectivity index (χ4n) is 2.98. The van der Waals surface area contributed by atoms with E-state index in [2.05, 4.69) is 26.1 Å². The molecule has 1 heterocycles. The van der Waals surface area contributed by atoms with E-state index in [1.807, 2.05) is 17.0 Å². The second-order valence-electron chi connectivity index (χ2n) is 7.65. The summed E-state index contributed by atoms with van der Waals surface area (Å²) >= 11 is 0. The molecule has 2 amide bonds. The van der Waals surface area contributed by atoms with Crippen LogP contribution in [-0.4, -0.2) is 34.4 Å². The Balaban J connectivity index is 1.72. The van der Waals surface area contributed by atoms with Gasteiger partial charge in [0.05, 0.1) is 11.6 Å². The van der Waals surface area contributed by atoms with Gasteiger partial charge >= 0.3 is 0 Å². The van der Waals surface area contributed by atoms with Gasteiger partial charge in [0.25, 0.3) is 0 Å². The highest BCUT2D eigenvalue weighted by Crippen LogP contribution is 2.34. The highest BCUT2D eigenvalue weighted by molar-refractivity contribution is 5.98. The Morgan fingerprint density at radius 3 is 2.61 bits per heavy atom. The maximum absolute atomic E-state index is 12.5. The summed E-state index contributed by atoms with van der Waals surface area (Å²) in [6.45, 7) is 6.73. The van der Waals surface area contributed by atoms with Crippen LogP contribution >= 0.6 is 0 Å². The zero-order valence-electron chi connectivity index (χ0n) is 13.9. The quantitative estimate of drug-likeness (QED) is 0.842. The molecule has 3 rings (SSSR count). The molecule has 1 aliphatic heterocycles. The van der Waals surface area contributed by atoms with Gasteiger partial charge < -0.3 is 15.3 Å². The van der Waals surface area contributed by atoms with Gasteiger partial charge in [-0.3, -0.25) is 9.59 Å². The maximum atomic E-state index is 12.5. The van der Waals surface area contributed by atoms with Gasteiger partial charge in [-0.15, -0.1) is 0 Å². The number of nitrogens with zero attached hydrogens (tertiary/aromatic N) is 1. The number of carbonyl (C=O) groups is 2. The van der Waals surface area contributed by atoms with Crippen molar-refractivity contribution < 1.29 is 14.7 Å². The molecule has 1 atom stereocenters. The fraction of sp³-hybridized carbons (Fsp3) is 0.556. The molecule has 124 valence electrons. The molecule has 1 aromatic rings. The lowest BCUT2D eigenvalue weighted by molar-refractivity contribution is -0.128. The number of phenols is 1. The smallest absolute Gasteiger partial charge is 0.229 e. The topological polar surface area (TPSA) is 69.6 Å². The number of amides is 2. The van der Waals surface area contributed by atoms with E-state index < -0.39 is 0 Å². The molecule has 0 radical (unpaired) electrons. The average Bonchev–Trinajstić information content (AvgIpc) is 3.22. The van der Waals surface area contributed by atoms with Crippen LogP contribution in [0.15, 0.2) is 18.2 Å². The minimum atomic E-state index is -0.333. The highest BCUT2D eigenvalue weighted by atomic mass is 16.3. The molecule has 2 N–H and O–H groups in total. The first kappa shape index (κ1) is 15.8. The largest absolute Gasteiger partial charge is 0.506 e. The number of hydrogen-bond donors (Lipinski definition) is 2. The minimum absolute atomic E-state index is 0.0507. The molecule has 5 nitrogen and oxygen atoms in total. The number of rotatable bonds is 3. The van der Waals surface area contributed by atoms with Crippen LogP contribution in [0.5, 0.6) is 5.75 Å². The van der Waals surface area contributed by atoms with E-state index >= 15 is 0 Å². The Morgan fingerprint density at radius 1 is 1.30 bits per heavy atom. The van der Waals surface area contributed by atoms with Crippen molar-refractivity contribution in [2.45, 2.75) is 51.5 Å². The first-order valence-corrected chi connectivity index (χ1v) is 8.19. The molecule has 1 aromatic carbocycles. The SMILES string of the molecule is CC(C)(C)c1ccc(O)c(NC(=O)[C@H]2CC(=O)N(C3CC3)C2)c1. The lowest BCUT2D eigenvalue weighted by Gasteiger charge is -2.21. The lowest BCUT2D eigenvalue weighted by atomic mass is 9.87. The highest BCUT2D eigenvalue weighted by Gasteiger charge is 2.41. The average molecular weight is 316 g/mol. The Kier molecular flexibility index (Phi) is 3.82. The molecule has 0 bridgehead atoms. The Morgan fingerprint density at radius 2 is 2.00 bits per heavy atom. The molecule has 1 saturated carbocycles. The number of phenolic OH excluding ortho intramolecular Hbond substituents is 1. The molecule has 23 heavy (non-hydrogen) atoms. The van der Waals surface area contributed by atoms with Crippen LogP contribution in [0.2, 0.25) is 0 Å². The van der Waals surface area contributed by atoms with Crippen LogP contribution in [-0.2, 0) is 15.0 Å². The molecule has 0 spiro atoms. The first-order valence-electron chi connectivity index (χ1n) is 8.19. The number of carbonyl (C=O) groups excluding carboxylic acids is 2. The molecule has 5 heteroatoms. The van der Waals surface area contributed by atoms with E-state index in [9.17, 15) is 14.7 Å². The Bertz CT molecular complexity index is 644. The molecule has 0 unspecified atom stereocenters. The maximum Gasteiger partial charge on any atom is 0.229 e. The monoisotopic (exact) mass is 316 g/mol. The Hall–Kier alpha value is -2.04. The van der Waals surface area contributed by atoms with Crippen molar-refractivity contribution in [2.75, 3.05) is 11.9 Å². The molecular weight excluding hydrogens is 292 g/mol. The summed E-state index contributed by atoms with van der Waals surface area (Å²) in [7, 11) is 0. The summed E-state index contributed by atoms with van der Waals surface area (Å²) in [4.78, 5) is 26.3. The van der Waals surface area contributed by atoms with E-state index in [-0.39, 0.29) is 35.3 Å². The van der Waals surface area contributed by atoms with Crippen LogP contribution < -0.4 is 5.32 Å². The van der Waals surface area contributed by atoms with Crippen LogP contribution in [0.25, 0.3) is 0 Å². The van der Waals surface area contributed by atoms with Crippen LogP contribution in [0, 0.1) is 5.92 Å². The fourth-order valence-corrected chi connectivity index (χ4v) is 2.98. The van der Waals surface area contributed by atoms with E-state index in [1.54, 1.807) is 6.07 Å².